The summed E-state index contributed by atoms with van der Waals surface area (Å²) in [5, 5.41) is 38.7. The second-order valence-electron chi connectivity index (χ2n) is 20.2. The van der Waals surface area contributed by atoms with Crippen LogP contribution in [0.25, 0.3) is 0 Å². The maximum atomic E-state index is 14.3. The van der Waals surface area contributed by atoms with Gasteiger partial charge in [-0.3, -0.25) is 9.59 Å². The summed E-state index contributed by atoms with van der Waals surface area (Å²) < 4.78 is 43.0. The van der Waals surface area contributed by atoms with Gasteiger partial charge in [0.2, 0.25) is 0 Å². The quantitative estimate of drug-likeness (QED) is 0.0746. The van der Waals surface area contributed by atoms with Crippen LogP contribution in [0.5, 0.6) is 0 Å². The highest BCUT2D eigenvalue weighted by atomic mass is 16.6. The molecule has 1 amide bonds. The molecule has 4 rings (SSSR count). The fourth-order valence-corrected chi connectivity index (χ4v) is 9.55. The van der Waals surface area contributed by atoms with E-state index in [2.05, 4.69) is 11.9 Å². The number of hydrogen-bond acceptors (Lipinski definition) is 15. The molecular formula is C48H71NO15. The van der Waals surface area contributed by atoms with Gasteiger partial charge in [0.05, 0.1) is 24.3 Å². The number of benzene rings is 1. The third kappa shape index (κ3) is 12.1. The van der Waals surface area contributed by atoms with Crippen molar-refractivity contribution in [1.82, 2.24) is 5.32 Å². The number of ether oxygens (including phenoxy) is 7. The molecule has 11 atom stereocenters. The summed E-state index contributed by atoms with van der Waals surface area (Å²) in [6.45, 7) is 23.6. The smallest absolute Gasteiger partial charge is 0.407 e. The van der Waals surface area contributed by atoms with Gasteiger partial charge in [-0.15, -0.1) is 0 Å². The third-order valence-corrected chi connectivity index (χ3v) is 12.8. The fraction of sp³-hybridized carbons (Fsp3) is 0.688. The van der Waals surface area contributed by atoms with E-state index >= 15 is 0 Å². The van der Waals surface area contributed by atoms with Crippen LogP contribution < -0.4 is 5.32 Å². The summed E-state index contributed by atoms with van der Waals surface area (Å²) >= 11 is 0. The van der Waals surface area contributed by atoms with Crippen LogP contribution in [0.4, 0.5) is 4.79 Å². The Morgan fingerprint density at radius 3 is 2.16 bits per heavy atom. The van der Waals surface area contributed by atoms with Crippen LogP contribution in [0.1, 0.15) is 132 Å². The van der Waals surface area contributed by atoms with Crippen molar-refractivity contribution >= 4 is 30.0 Å². The van der Waals surface area contributed by atoms with E-state index in [0.717, 1.165) is 0 Å². The molecule has 1 aliphatic heterocycles. The zero-order valence-electron chi connectivity index (χ0n) is 39.6. The summed E-state index contributed by atoms with van der Waals surface area (Å²) in [7, 11) is 0. The number of aliphatic hydroxyl groups is 3. The third-order valence-electron chi connectivity index (χ3n) is 12.8. The Kier molecular flexibility index (Phi) is 16.7. The molecule has 1 saturated carbocycles. The first-order chi connectivity index (χ1) is 29.6. The molecule has 0 bridgehead atoms. The Bertz CT molecular complexity index is 1880. The van der Waals surface area contributed by atoms with Gasteiger partial charge in [-0.1, -0.05) is 66.3 Å². The minimum absolute atomic E-state index is 0.0194. The highest BCUT2D eigenvalue weighted by molar-refractivity contribution is 5.89. The van der Waals surface area contributed by atoms with E-state index in [-0.39, 0.29) is 61.5 Å². The summed E-state index contributed by atoms with van der Waals surface area (Å²) in [6, 6.07) is 7.02. The van der Waals surface area contributed by atoms with Crippen LogP contribution in [0.3, 0.4) is 0 Å². The van der Waals surface area contributed by atoms with E-state index in [9.17, 15) is 39.3 Å². The van der Waals surface area contributed by atoms with Crippen molar-refractivity contribution in [2.24, 2.45) is 22.7 Å². The minimum atomic E-state index is -2.12. The lowest BCUT2D eigenvalue weighted by Crippen LogP contribution is -2.66. The lowest BCUT2D eigenvalue weighted by Gasteiger charge is -2.59. The normalized spacial score (nSPS) is 31.2. The molecule has 0 aromatic heterocycles. The van der Waals surface area contributed by atoms with E-state index in [1.54, 1.807) is 78.8 Å². The molecule has 16 heteroatoms. The fourth-order valence-electron chi connectivity index (χ4n) is 9.55. The number of carbonyl (C=O) groups is 5. The van der Waals surface area contributed by atoms with Crippen molar-refractivity contribution < 1.29 is 72.5 Å². The maximum absolute atomic E-state index is 14.3. The molecule has 2 aliphatic carbocycles. The molecule has 1 heterocycles. The Balaban J connectivity index is 2.03. The summed E-state index contributed by atoms with van der Waals surface area (Å²) in [6.07, 6.45) is -8.11. The van der Waals surface area contributed by atoms with Crippen LogP contribution in [0, 0.1) is 22.7 Å². The molecule has 1 aromatic carbocycles. The predicted octanol–water partition coefficient (Wildman–Crippen LogP) is 6.23. The molecule has 0 radical (unpaired) electrons. The number of esters is 4. The van der Waals surface area contributed by atoms with Gasteiger partial charge in [-0.25, -0.2) is 14.4 Å². The summed E-state index contributed by atoms with van der Waals surface area (Å²) in [5.41, 5.74) is -6.57. The standard InChI is InChI=1S/C48H71NO15/c1-14-39(52)61-36-24-37-47(20-21-58-37,63-30(6)51)35-23-38(62-41(54)31-18-16-15-17-19-31)48(57,44(7,8)9)26-34(28(4)33(59-29(5)50)25-46(35,36)13)60-42(55)40(53)32(22-27(2)3)49-43(56)64-45(10,11)12/h14-19,27,32,34-40,52-53,57H,1,20-26H2,2-13H3,(H,49,56)/b33-28+/t32?,34-,35?,36?,37?,38-,39?,40+,46?,47?,48?/m0/s1. The van der Waals surface area contributed by atoms with Crippen molar-refractivity contribution in [3.63, 3.8) is 0 Å². The van der Waals surface area contributed by atoms with Gasteiger partial charge in [0, 0.05) is 56.4 Å². The van der Waals surface area contributed by atoms with Gasteiger partial charge >= 0.3 is 30.0 Å². The first-order valence-corrected chi connectivity index (χ1v) is 22.1. The number of rotatable bonds is 13. The van der Waals surface area contributed by atoms with E-state index < -0.39 is 113 Å². The lowest BCUT2D eigenvalue weighted by molar-refractivity contribution is -0.257. The maximum Gasteiger partial charge on any atom is 0.407 e. The highest BCUT2D eigenvalue weighted by Gasteiger charge is 2.67. The number of nitrogens with one attached hydrogen (secondary N) is 1. The Labute approximate surface area is 377 Å². The first kappa shape index (κ1) is 52.3. The number of amides is 1. The molecule has 16 nitrogen and oxygen atoms in total. The SMILES string of the molecule is C=CC(O)OC1CC2OCCC2(OC(C)=O)C2C[C@H](OC(=O)c3ccccc3)C(O)(C(C)(C)C)C[C@H](OC(=O)[C@H](O)C(CC(C)C)NC(=O)OC(C)(C)C)/C(C)=C(/OC(C)=O)CC12C. The minimum Gasteiger partial charge on any atom is -0.456 e. The zero-order valence-corrected chi connectivity index (χ0v) is 39.6. The molecule has 358 valence electrons. The molecule has 2 fully saturated rings. The molecule has 1 aromatic rings. The van der Waals surface area contributed by atoms with Crippen molar-refractivity contribution in [2.75, 3.05) is 6.61 Å². The largest absolute Gasteiger partial charge is 0.456 e. The second kappa shape index (κ2) is 20.4. The van der Waals surface area contributed by atoms with Gasteiger partial charge < -0.3 is 53.8 Å². The van der Waals surface area contributed by atoms with Crippen LogP contribution >= 0.6 is 0 Å². The molecule has 8 unspecified atom stereocenters. The number of carbonyl (C=O) groups excluding carboxylic acids is 5. The number of alkyl carbamates (subject to hydrolysis) is 1. The molecule has 1 saturated heterocycles. The van der Waals surface area contributed by atoms with E-state index in [1.165, 1.54) is 19.9 Å². The topological polar surface area (TPSA) is 223 Å². The van der Waals surface area contributed by atoms with Gasteiger partial charge in [0.1, 0.15) is 40.9 Å². The van der Waals surface area contributed by atoms with Crippen molar-refractivity contribution in [1.29, 1.82) is 0 Å². The Morgan fingerprint density at radius 2 is 1.61 bits per heavy atom. The molecule has 64 heavy (non-hydrogen) atoms. The van der Waals surface area contributed by atoms with E-state index in [1.807, 2.05) is 20.8 Å². The van der Waals surface area contributed by atoms with E-state index in [0.29, 0.717) is 0 Å². The number of hydrogen-bond donors (Lipinski definition) is 4. The molecule has 3 aliphatic rings. The van der Waals surface area contributed by atoms with Crippen LogP contribution in [0.2, 0.25) is 0 Å². The number of allylic oxidation sites excluding steroid dienone is 1. The Hall–Kier alpha value is -4.35. The molecule has 4 N–H and O–H groups in total. The summed E-state index contributed by atoms with van der Waals surface area (Å²) in [4.78, 5) is 67.7. The monoisotopic (exact) mass is 901 g/mol. The van der Waals surface area contributed by atoms with Crippen LogP contribution in [-0.2, 0) is 47.5 Å². The second-order valence-corrected chi connectivity index (χ2v) is 20.2. The van der Waals surface area contributed by atoms with E-state index in [4.69, 9.17) is 33.2 Å². The summed E-state index contributed by atoms with van der Waals surface area (Å²) in [5.74, 6) is -4.28. The number of fused-ring (bicyclic) bond motifs is 3. The lowest BCUT2D eigenvalue weighted by atomic mass is 9.52. The van der Waals surface area contributed by atoms with Gasteiger partial charge in [0.25, 0.3) is 0 Å². The number of aliphatic hydroxyl groups excluding tert-OH is 2. The van der Waals surface area contributed by atoms with Crippen molar-refractivity contribution in [3.8, 4) is 0 Å². The molecular weight excluding hydrogens is 831 g/mol. The van der Waals surface area contributed by atoms with Gasteiger partial charge in [-0.2, -0.15) is 0 Å². The molecule has 0 spiro atoms. The van der Waals surface area contributed by atoms with Gasteiger partial charge in [-0.05, 0) is 70.1 Å². The van der Waals surface area contributed by atoms with Crippen LogP contribution in [-0.4, -0.2) is 112 Å². The first-order valence-electron chi connectivity index (χ1n) is 22.1. The Morgan fingerprint density at radius 1 is 0.969 bits per heavy atom. The van der Waals surface area contributed by atoms with Crippen LogP contribution in [0.15, 0.2) is 54.3 Å². The predicted molar refractivity (Wildman–Crippen MR) is 233 cm³/mol. The van der Waals surface area contributed by atoms with Crippen molar-refractivity contribution in [2.45, 2.75) is 181 Å². The highest BCUT2D eigenvalue weighted by Crippen LogP contribution is 2.60. The average Bonchev–Trinajstić information content (AvgIpc) is 3.57. The zero-order chi connectivity index (χ0) is 48.2. The van der Waals surface area contributed by atoms with Gasteiger partial charge in [0.15, 0.2) is 12.4 Å². The average molecular weight is 902 g/mol. The van der Waals surface area contributed by atoms with Crippen molar-refractivity contribution in [3.05, 3.63) is 59.9 Å².